The molecule has 0 heterocycles. The Kier molecular flexibility index (Phi) is 6.53. The molecule has 1 aliphatic rings. The topological polar surface area (TPSA) is 64.7 Å². The van der Waals surface area contributed by atoms with Gasteiger partial charge in [-0.15, -0.1) is 0 Å². The molecule has 0 aliphatic heterocycles. The first-order valence-corrected chi connectivity index (χ1v) is 9.47. The molecule has 0 spiro atoms. The van der Waals surface area contributed by atoms with Crippen LogP contribution in [-0.4, -0.2) is 18.3 Å². The SMILES string of the molecule is COc1ccc([C@@H](N)[C@@H](O)C2CCCCC2)cc1OCc1ccccc1. The fourth-order valence-corrected chi connectivity index (χ4v) is 3.71. The van der Waals surface area contributed by atoms with Gasteiger partial charge in [0, 0.05) is 0 Å². The lowest BCUT2D eigenvalue weighted by molar-refractivity contribution is 0.0617. The van der Waals surface area contributed by atoms with Crippen molar-refractivity contribution < 1.29 is 14.6 Å². The smallest absolute Gasteiger partial charge is 0.161 e. The first-order chi connectivity index (χ1) is 12.7. The van der Waals surface area contributed by atoms with Crippen LogP contribution < -0.4 is 15.2 Å². The van der Waals surface area contributed by atoms with E-state index in [1.165, 1.54) is 19.3 Å². The molecule has 140 valence electrons. The molecule has 26 heavy (non-hydrogen) atoms. The highest BCUT2D eigenvalue weighted by molar-refractivity contribution is 5.44. The van der Waals surface area contributed by atoms with Crippen LogP contribution in [0.4, 0.5) is 0 Å². The molecule has 3 N–H and O–H groups in total. The van der Waals surface area contributed by atoms with Crippen LogP contribution in [0.2, 0.25) is 0 Å². The maximum absolute atomic E-state index is 10.7. The number of hydrogen-bond acceptors (Lipinski definition) is 4. The van der Waals surface area contributed by atoms with Crippen molar-refractivity contribution in [3.8, 4) is 11.5 Å². The molecule has 1 fully saturated rings. The third-order valence-electron chi connectivity index (χ3n) is 5.31. The molecule has 4 heteroatoms. The number of ether oxygens (including phenoxy) is 2. The van der Waals surface area contributed by atoms with Gasteiger partial charge in [-0.2, -0.15) is 0 Å². The number of rotatable bonds is 7. The molecule has 4 nitrogen and oxygen atoms in total. The van der Waals surface area contributed by atoms with Crippen LogP contribution in [0.25, 0.3) is 0 Å². The van der Waals surface area contributed by atoms with E-state index < -0.39 is 12.1 Å². The third kappa shape index (κ3) is 4.57. The predicted molar refractivity (Wildman–Crippen MR) is 103 cm³/mol. The van der Waals surface area contributed by atoms with E-state index in [9.17, 15) is 5.11 Å². The van der Waals surface area contributed by atoms with Crippen molar-refractivity contribution in [1.82, 2.24) is 0 Å². The first-order valence-electron chi connectivity index (χ1n) is 9.47. The van der Waals surface area contributed by atoms with E-state index in [2.05, 4.69) is 0 Å². The summed E-state index contributed by atoms with van der Waals surface area (Å²) in [6, 6.07) is 15.3. The van der Waals surface area contributed by atoms with E-state index >= 15 is 0 Å². The number of aliphatic hydroxyl groups is 1. The van der Waals surface area contributed by atoms with Crippen molar-refractivity contribution in [2.75, 3.05) is 7.11 Å². The zero-order valence-corrected chi connectivity index (χ0v) is 15.4. The van der Waals surface area contributed by atoms with Crippen molar-refractivity contribution in [2.45, 2.75) is 50.9 Å². The molecular formula is C22H29NO3. The quantitative estimate of drug-likeness (QED) is 0.781. The van der Waals surface area contributed by atoms with Gasteiger partial charge in [-0.05, 0) is 42.0 Å². The first kappa shape index (κ1) is 18.7. The number of hydrogen-bond donors (Lipinski definition) is 2. The van der Waals surface area contributed by atoms with Gasteiger partial charge in [0.05, 0.1) is 19.3 Å². The Morgan fingerprint density at radius 2 is 1.77 bits per heavy atom. The van der Waals surface area contributed by atoms with Gasteiger partial charge in [0.2, 0.25) is 0 Å². The highest BCUT2D eigenvalue weighted by Crippen LogP contribution is 2.35. The fraction of sp³-hybridized carbons (Fsp3) is 0.455. The molecule has 0 unspecified atom stereocenters. The summed E-state index contributed by atoms with van der Waals surface area (Å²) in [7, 11) is 1.63. The zero-order chi connectivity index (χ0) is 18.4. The summed E-state index contributed by atoms with van der Waals surface area (Å²) in [5.74, 6) is 1.61. The molecular weight excluding hydrogens is 326 g/mol. The van der Waals surface area contributed by atoms with Gasteiger partial charge in [0.25, 0.3) is 0 Å². The van der Waals surface area contributed by atoms with Crippen molar-refractivity contribution in [2.24, 2.45) is 11.7 Å². The largest absolute Gasteiger partial charge is 0.493 e. The van der Waals surface area contributed by atoms with Gasteiger partial charge in [-0.1, -0.05) is 55.7 Å². The summed E-state index contributed by atoms with van der Waals surface area (Å²) in [5, 5.41) is 10.7. The molecule has 1 saturated carbocycles. The average Bonchev–Trinajstić information content (AvgIpc) is 2.72. The highest BCUT2D eigenvalue weighted by atomic mass is 16.5. The van der Waals surface area contributed by atoms with E-state index in [1.807, 2.05) is 48.5 Å². The second-order valence-electron chi connectivity index (χ2n) is 7.10. The van der Waals surface area contributed by atoms with Gasteiger partial charge in [-0.3, -0.25) is 0 Å². The summed E-state index contributed by atoms with van der Waals surface area (Å²) in [6.07, 6.45) is 5.22. The van der Waals surface area contributed by atoms with Crippen LogP contribution in [0, 0.1) is 5.92 Å². The van der Waals surface area contributed by atoms with Gasteiger partial charge in [-0.25, -0.2) is 0 Å². The second kappa shape index (κ2) is 9.06. The Morgan fingerprint density at radius 3 is 2.46 bits per heavy atom. The summed E-state index contributed by atoms with van der Waals surface area (Å²) in [4.78, 5) is 0. The predicted octanol–water partition coefficient (Wildman–Crippen LogP) is 4.22. The average molecular weight is 355 g/mol. The van der Waals surface area contributed by atoms with E-state index in [1.54, 1.807) is 7.11 Å². The highest BCUT2D eigenvalue weighted by Gasteiger charge is 2.28. The van der Waals surface area contributed by atoms with Crippen LogP contribution in [0.3, 0.4) is 0 Å². The summed E-state index contributed by atoms with van der Waals surface area (Å²) >= 11 is 0. The molecule has 0 aromatic heterocycles. The number of nitrogens with two attached hydrogens (primary N) is 1. The molecule has 0 bridgehead atoms. The molecule has 3 rings (SSSR count). The van der Waals surface area contributed by atoms with Crippen LogP contribution in [0.5, 0.6) is 11.5 Å². The van der Waals surface area contributed by atoms with Crippen LogP contribution in [0.1, 0.15) is 49.3 Å². The molecule has 1 aliphatic carbocycles. The number of methoxy groups -OCH3 is 1. The summed E-state index contributed by atoms with van der Waals surface area (Å²) in [5.41, 5.74) is 8.36. The molecule has 0 amide bonds. The Bertz CT molecular complexity index is 683. The lowest BCUT2D eigenvalue weighted by Gasteiger charge is -2.30. The Hall–Kier alpha value is -2.04. The Balaban J connectivity index is 1.73. The van der Waals surface area contributed by atoms with E-state index in [-0.39, 0.29) is 5.92 Å². The number of aliphatic hydroxyl groups excluding tert-OH is 1. The van der Waals surface area contributed by atoms with Gasteiger partial charge < -0.3 is 20.3 Å². The maximum atomic E-state index is 10.7. The van der Waals surface area contributed by atoms with Crippen LogP contribution in [-0.2, 0) is 6.61 Å². The summed E-state index contributed by atoms with van der Waals surface area (Å²) < 4.78 is 11.4. The van der Waals surface area contributed by atoms with Gasteiger partial charge >= 0.3 is 0 Å². The molecule has 0 radical (unpaired) electrons. The zero-order valence-electron chi connectivity index (χ0n) is 15.4. The Labute approximate surface area is 155 Å². The van der Waals surface area contributed by atoms with Gasteiger partial charge in [0.1, 0.15) is 6.61 Å². The van der Waals surface area contributed by atoms with E-state index in [0.29, 0.717) is 18.1 Å². The van der Waals surface area contributed by atoms with Crippen molar-refractivity contribution in [3.05, 3.63) is 59.7 Å². The standard InChI is InChI=1S/C22H29NO3/c1-25-19-13-12-18(21(23)22(24)17-10-6-3-7-11-17)14-20(19)26-15-16-8-4-2-5-9-16/h2,4-5,8-9,12-14,17,21-22,24H,3,6-7,10-11,15,23H2,1H3/t21-,22+/m1/s1. The minimum atomic E-state index is -0.523. The molecule has 2 atom stereocenters. The minimum Gasteiger partial charge on any atom is -0.493 e. The second-order valence-corrected chi connectivity index (χ2v) is 7.10. The van der Waals surface area contributed by atoms with Crippen LogP contribution in [0.15, 0.2) is 48.5 Å². The maximum Gasteiger partial charge on any atom is 0.161 e. The van der Waals surface area contributed by atoms with E-state index in [4.69, 9.17) is 15.2 Å². The normalized spacial score (nSPS) is 17.5. The lowest BCUT2D eigenvalue weighted by atomic mass is 9.81. The third-order valence-corrected chi connectivity index (χ3v) is 5.31. The van der Waals surface area contributed by atoms with Crippen molar-refractivity contribution >= 4 is 0 Å². The minimum absolute atomic E-state index is 0.287. The fourth-order valence-electron chi connectivity index (χ4n) is 3.71. The van der Waals surface area contributed by atoms with Gasteiger partial charge in [0.15, 0.2) is 11.5 Å². The Morgan fingerprint density at radius 1 is 1.04 bits per heavy atom. The number of benzene rings is 2. The monoisotopic (exact) mass is 355 g/mol. The van der Waals surface area contributed by atoms with Crippen molar-refractivity contribution in [1.29, 1.82) is 0 Å². The van der Waals surface area contributed by atoms with Crippen molar-refractivity contribution in [3.63, 3.8) is 0 Å². The molecule has 0 saturated heterocycles. The van der Waals surface area contributed by atoms with E-state index in [0.717, 1.165) is 24.0 Å². The molecule has 2 aromatic rings. The molecule has 2 aromatic carbocycles. The van der Waals surface area contributed by atoms with Crippen LogP contribution >= 0.6 is 0 Å². The lowest BCUT2D eigenvalue weighted by Crippen LogP contribution is -2.34. The summed E-state index contributed by atoms with van der Waals surface area (Å²) in [6.45, 7) is 0.459.